The van der Waals surface area contributed by atoms with E-state index in [4.69, 9.17) is 10.7 Å². The molecular formula is C28H34N4O3. The molecule has 0 unspecified atom stereocenters. The highest BCUT2D eigenvalue weighted by atomic mass is 16.2. The molecule has 2 aromatic rings. The molecule has 184 valence electrons. The van der Waals surface area contributed by atoms with Crippen LogP contribution in [0.4, 0.5) is 5.69 Å². The molecule has 1 aliphatic carbocycles. The first-order valence-electron chi connectivity index (χ1n) is 12.3. The molecule has 2 atom stereocenters. The fourth-order valence-electron chi connectivity index (χ4n) is 5.51. The van der Waals surface area contributed by atoms with Crippen LogP contribution < -0.4 is 16.0 Å². The zero-order valence-electron chi connectivity index (χ0n) is 20.7. The molecule has 1 aliphatic heterocycles. The molecule has 0 bridgehead atoms. The molecule has 0 aromatic heterocycles. The molecule has 0 radical (unpaired) electrons. The molecule has 1 saturated carbocycles. The maximum Gasteiger partial charge on any atom is 0.272 e. The Morgan fingerprint density at radius 1 is 1.09 bits per heavy atom. The number of amides is 3. The summed E-state index contributed by atoms with van der Waals surface area (Å²) in [6, 6.07) is 17.2. The zero-order chi connectivity index (χ0) is 25.2. The second-order valence-corrected chi connectivity index (χ2v) is 10.1. The summed E-state index contributed by atoms with van der Waals surface area (Å²) in [4.78, 5) is 46.2. The molecule has 7 nitrogen and oxygen atoms in total. The number of carbonyl (C=O) groups excluding carboxylic acids is 3. The van der Waals surface area contributed by atoms with Crippen molar-refractivity contribution in [1.29, 1.82) is 0 Å². The fourth-order valence-corrected chi connectivity index (χ4v) is 5.51. The average Bonchev–Trinajstić information content (AvgIpc) is 3.32. The SMILES string of the molecule is CC(C)C[C@@H](C(=O)N[C@H]1N=C(c2ccccc2)c2ccccc2N(C)C1=O)C1(C(N)=O)CCCC1. The fraction of sp³-hybridized carbons (Fsp3) is 0.429. The number of benzene rings is 2. The first-order valence-corrected chi connectivity index (χ1v) is 12.3. The van der Waals surface area contributed by atoms with E-state index in [9.17, 15) is 14.4 Å². The molecule has 1 heterocycles. The van der Waals surface area contributed by atoms with E-state index >= 15 is 0 Å². The highest BCUT2D eigenvalue weighted by Crippen LogP contribution is 2.46. The van der Waals surface area contributed by atoms with E-state index in [1.165, 1.54) is 4.90 Å². The second kappa shape index (κ2) is 10.0. The number of rotatable bonds is 7. The van der Waals surface area contributed by atoms with Crippen molar-refractivity contribution in [2.45, 2.75) is 52.1 Å². The van der Waals surface area contributed by atoms with E-state index in [0.29, 0.717) is 25.0 Å². The van der Waals surface area contributed by atoms with Crippen LogP contribution in [-0.2, 0) is 14.4 Å². The standard InChI is InChI=1S/C28H34N4O3/c1-18(2)17-21(28(27(29)35)15-9-10-16-28)25(33)31-24-26(34)32(3)22-14-8-7-13-20(22)23(30-24)19-11-5-4-6-12-19/h4-8,11-14,18,21,24H,9-10,15-17H2,1-3H3,(H2,29,35)(H,31,33)/t21-,24+/m0/s1. The van der Waals surface area contributed by atoms with Gasteiger partial charge in [0.25, 0.3) is 5.91 Å². The van der Waals surface area contributed by atoms with Gasteiger partial charge in [0.2, 0.25) is 18.0 Å². The number of anilines is 1. The predicted octanol–water partition coefficient (Wildman–Crippen LogP) is 3.65. The molecule has 0 spiro atoms. The molecule has 35 heavy (non-hydrogen) atoms. The van der Waals surface area contributed by atoms with Crippen LogP contribution in [0.3, 0.4) is 0 Å². The van der Waals surface area contributed by atoms with Gasteiger partial charge in [0, 0.05) is 18.2 Å². The average molecular weight is 475 g/mol. The van der Waals surface area contributed by atoms with Crippen LogP contribution in [0.25, 0.3) is 0 Å². The van der Waals surface area contributed by atoms with Crippen LogP contribution in [-0.4, -0.2) is 36.6 Å². The Labute approximate surface area is 206 Å². The summed E-state index contributed by atoms with van der Waals surface area (Å²) in [5, 5.41) is 2.91. The number of hydrogen-bond acceptors (Lipinski definition) is 4. The Kier molecular flexibility index (Phi) is 7.05. The molecular weight excluding hydrogens is 440 g/mol. The number of primary amides is 1. The predicted molar refractivity (Wildman–Crippen MR) is 137 cm³/mol. The Morgan fingerprint density at radius 2 is 1.71 bits per heavy atom. The van der Waals surface area contributed by atoms with Gasteiger partial charge in [-0.2, -0.15) is 0 Å². The number of carbonyl (C=O) groups is 3. The third-order valence-corrected chi connectivity index (χ3v) is 7.35. The summed E-state index contributed by atoms with van der Waals surface area (Å²) in [5.41, 5.74) is 8.03. The van der Waals surface area contributed by atoms with Crippen molar-refractivity contribution in [3.8, 4) is 0 Å². The maximum atomic E-state index is 13.8. The number of likely N-dealkylation sites (N-methyl/N-ethyl adjacent to an activating group) is 1. The van der Waals surface area contributed by atoms with E-state index in [2.05, 4.69) is 5.32 Å². The Balaban J connectivity index is 1.74. The normalized spacial score (nSPS) is 20.1. The second-order valence-electron chi connectivity index (χ2n) is 10.1. The highest BCUT2D eigenvalue weighted by molar-refractivity contribution is 6.20. The summed E-state index contributed by atoms with van der Waals surface area (Å²) in [7, 11) is 1.69. The van der Waals surface area contributed by atoms with Crippen molar-refractivity contribution < 1.29 is 14.4 Å². The van der Waals surface area contributed by atoms with E-state index < -0.39 is 23.4 Å². The van der Waals surface area contributed by atoms with Crippen molar-refractivity contribution in [1.82, 2.24) is 5.32 Å². The number of nitrogens with one attached hydrogen (secondary N) is 1. The quantitative estimate of drug-likeness (QED) is 0.640. The Hall–Kier alpha value is -3.48. The van der Waals surface area contributed by atoms with Crippen LogP contribution >= 0.6 is 0 Å². The lowest BCUT2D eigenvalue weighted by Gasteiger charge is -2.35. The topological polar surface area (TPSA) is 105 Å². The number of hydrogen-bond donors (Lipinski definition) is 2. The molecule has 3 N–H and O–H groups in total. The van der Waals surface area contributed by atoms with E-state index in [-0.39, 0.29) is 17.7 Å². The number of fused-ring (bicyclic) bond motifs is 1. The first-order chi connectivity index (χ1) is 16.7. The lowest BCUT2D eigenvalue weighted by Crippen LogP contribution is -2.53. The Morgan fingerprint density at radius 3 is 2.34 bits per heavy atom. The van der Waals surface area contributed by atoms with Crippen LogP contribution in [0.2, 0.25) is 0 Å². The molecule has 2 aromatic carbocycles. The van der Waals surface area contributed by atoms with Crippen molar-refractivity contribution in [2.24, 2.45) is 28.0 Å². The van der Waals surface area contributed by atoms with Gasteiger partial charge in [-0.15, -0.1) is 0 Å². The lowest BCUT2D eigenvalue weighted by atomic mass is 9.69. The van der Waals surface area contributed by atoms with Gasteiger partial charge in [0.15, 0.2) is 0 Å². The lowest BCUT2D eigenvalue weighted by molar-refractivity contribution is -0.142. The molecule has 4 rings (SSSR count). The molecule has 1 fully saturated rings. The van der Waals surface area contributed by atoms with E-state index in [0.717, 1.165) is 29.7 Å². The number of benzodiazepines with no additional fused rings is 1. The minimum atomic E-state index is -1.11. The van der Waals surface area contributed by atoms with Gasteiger partial charge in [-0.25, -0.2) is 4.99 Å². The van der Waals surface area contributed by atoms with Crippen LogP contribution in [0, 0.1) is 17.3 Å². The van der Waals surface area contributed by atoms with Gasteiger partial charge < -0.3 is 16.0 Å². The summed E-state index contributed by atoms with van der Waals surface area (Å²) in [6.45, 7) is 4.05. The van der Waals surface area contributed by atoms with Gasteiger partial charge in [0.05, 0.1) is 22.7 Å². The van der Waals surface area contributed by atoms with Crippen LogP contribution in [0.15, 0.2) is 59.6 Å². The third-order valence-electron chi connectivity index (χ3n) is 7.35. The maximum absolute atomic E-state index is 13.8. The first kappa shape index (κ1) is 24.6. The van der Waals surface area contributed by atoms with Gasteiger partial charge in [0.1, 0.15) is 0 Å². The summed E-state index contributed by atoms with van der Waals surface area (Å²) >= 11 is 0. The number of aliphatic imine (C=N–C) groups is 1. The molecule has 3 amide bonds. The van der Waals surface area contributed by atoms with Crippen LogP contribution in [0.5, 0.6) is 0 Å². The van der Waals surface area contributed by atoms with E-state index in [1.54, 1.807) is 7.05 Å². The zero-order valence-corrected chi connectivity index (χ0v) is 20.7. The number of nitrogens with two attached hydrogens (primary N) is 1. The number of nitrogens with zero attached hydrogens (tertiary/aromatic N) is 2. The van der Waals surface area contributed by atoms with Crippen molar-refractivity contribution >= 4 is 29.1 Å². The molecule has 7 heteroatoms. The van der Waals surface area contributed by atoms with Crippen LogP contribution in [0.1, 0.15) is 57.1 Å². The monoisotopic (exact) mass is 474 g/mol. The van der Waals surface area contributed by atoms with Gasteiger partial charge >= 0.3 is 0 Å². The minimum Gasteiger partial charge on any atom is -0.369 e. The van der Waals surface area contributed by atoms with E-state index in [1.807, 2.05) is 68.4 Å². The smallest absolute Gasteiger partial charge is 0.272 e. The van der Waals surface area contributed by atoms with Crippen molar-refractivity contribution in [3.05, 3.63) is 65.7 Å². The largest absolute Gasteiger partial charge is 0.369 e. The molecule has 0 saturated heterocycles. The van der Waals surface area contributed by atoms with Gasteiger partial charge in [-0.3, -0.25) is 14.4 Å². The number of para-hydroxylation sites is 1. The summed E-state index contributed by atoms with van der Waals surface area (Å²) in [5.74, 6) is -1.53. The van der Waals surface area contributed by atoms with Gasteiger partial charge in [-0.05, 0) is 31.2 Å². The van der Waals surface area contributed by atoms with Crippen molar-refractivity contribution in [2.75, 3.05) is 11.9 Å². The van der Waals surface area contributed by atoms with Crippen molar-refractivity contribution in [3.63, 3.8) is 0 Å². The highest BCUT2D eigenvalue weighted by Gasteiger charge is 2.50. The summed E-state index contributed by atoms with van der Waals surface area (Å²) in [6.07, 6.45) is 2.31. The summed E-state index contributed by atoms with van der Waals surface area (Å²) < 4.78 is 0. The third kappa shape index (κ3) is 4.72. The Bertz CT molecular complexity index is 1140. The van der Waals surface area contributed by atoms with Gasteiger partial charge in [-0.1, -0.05) is 75.2 Å². The molecule has 2 aliphatic rings. The minimum absolute atomic E-state index is 0.183.